The van der Waals surface area contributed by atoms with Crippen LogP contribution in [0, 0.1) is 5.92 Å². The average Bonchev–Trinajstić information content (AvgIpc) is 2.30. The van der Waals surface area contributed by atoms with E-state index in [4.69, 9.17) is 33.8 Å². The number of hydrazine groups is 1. The number of nitrogens with one attached hydrogen (secondary N) is 2. The fourth-order valence-electron chi connectivity index (χ4n) is 1.25. The van der Waals surface area contributed by atoms with Gasteiger partial charge in [-0.15, -0.1) is 0 Å². The third-order valence-corrected chi connectivity index (χ3v) is 2.63. The Labute approximate surface area is 117 Å². The smallest absolute Gasteiger partial charge is 0.161 e. The molecule has 0 bridgehead atoms. The highest BCUT2D eigenvalue weighted by atomic mass is 35.5. The summed E-state index contributed by atoms with van der Waals surface area (Å²) in [7, 11) is 0. The number of halogens is 2. The first-order valence-corrected chi connectivity index (χ1v) is 6.44. The number of anilines is 2. The highest BCUT2D eigenvalue weighted by Gasteiger charge is 2.07. The van der Waals surface area contributed by atoms with Crippen molar-refractivity contribution in [1.29, 1.82) is 0 Å². The van der Waals surface area contributed by atoms with Crippen LogP contribution in [0.25, 0.3) is 0 Å². The number of nitrogens with zero attached hydrogens (tertiary/aromatic N) is 1. The SMILES string of the molecule is CC(C)COCCNc1nc(NN)c(Cl)cc1Cl. The number of hydrogen-bond donors (Lipinski definition) is 3. The maximum atomic E-state index is 6.00. The lowest BCUT2D eigenvalue weighted by atomic mass is 10.2. The predicted octanol–water partition coefficient (Wildman–Crippen LogP) is 2.76. The van der Waals surface area contributed by atoms with E-state index < -0.39 is 0 Å². The number of rotatable bonds is 7. The van der Waals surface area contributed by atoms with Gasteiger partial charge in [0, 0.05) is 13.2 Å². The average molecular weight is 293 g/mol. The largest absolute Gasteiger partial charge is 0.379 e. The lowest BCUT2D eigenvalue weighted by Gasteiger charge is -2.11. The van der Waals surface area contributed by atoms with Crippen molar-refractivity contribution < 1.29 is 4.74 Å². The summed E-state index contributed by atoms with van der Waals surface area (Å²) in [6, 6.07) is 1.59. The molecule has 0 aliphatic rings. The van der Waals surface area contributed by atoms with Crippen molar-refractivity contribution in [2.75, 3.05) is 30.5 Å². The molecule has 1 heterocycles. The second kappa shape index (κ2) is 7.63. The summed E-state index contributed by atoms with van der Waals surface area (Å²) in [5.41, 5.74) is 2.41. The molecule has 4 N–H and O–H groups in total. The van der Waals surface area contributed by atoms with Crippen molar-refractivity contribution in [1.82, 2.24) is 4.98 Å². The molecular weight excluding hydrogens is 275 g/mol. The van der Waals surface area contributed by atoms with Gasteiger partial charge in [0.1, 0.15) is 5.82 Å². The molecule has 102 valence electrons. The standard InChI is InChI=1S/C11H18Cl2N4O/c1-7(2)6-18-4-3-15-10-8(12)5-9(13)11(16-10)17-14/h5,7H,3-4,6,14H2,1-2H3,(H2,15,16,17). The zero-order chi connectivity index (χ0) is 13.5. The van der Waals surface area contributed by atoms with Crippen LogP contribution in [0.15, 0.2) is 6.07 Å². The Kier molecular flexibility index (Phi) is 6.49. The number of nitrogens with two attached hydrogens (primary N) is 1. The predicted molar refractivity (Wildman–Crippen MR) is 76.2 cm³/mol. The number of hydrogen-bond acceptors (Lipinski definition) is 5. The molecule has 1 aromatic rings. The summed E-state index contributed by atoms with van der Waals surface area (Å²) in [6.45, 7) is 6.14. The summed E-state index contributed by atoms with van der Waals surface area (Å²) in [5, 5.41) is 3.89. The first kappa shape index (κ1) is 15.3. The topological polar surface area (TPSA) is 72.2 Å². The molecule has 1 aromatic heterocycles. The molecule has 0 amide bonds. The van der Waals surface area contributed by atoms with Crippen molar-refractivity contribution in [2.24, 2.45) is 11.8 Å². The summed E-state index contributed by atoms with van der Waals surface area (Å²) in [4.78, 5) is 4.16. The van der Waals surface area contributed by atoms with E-state index in [0.717, 1.165) is 6.61 Å². The second-order valence-electron chi connectivity index (χ2n) is 4.19. The molecule has 0 aromatic carbocycles. The van der Waals surface area contributed by atoms with Crippen LogP contribution in [-0.4, -0.2) is 24.7 Å². The molecule has 0 aliphatic heterocycles. The Morgan fingerprint density at radius 2 is 2.00 bits per heavy atom. The van der Waals surface area contributed by atoms with Gasteiger partial charge in [-0.2, -0.15) is 0 Å². The van der Waals surface area contributed by atoms with Gasteiger partial charge in [0.05, 0.1) is 16.7 Å². The van der Waals surface area contributed by atoms with Crippen LogP contribution >= 0.6 is 23.2 Å². The summed E-state index contributed by atoms with van der Waals surface area (Å²) < 4.78 is 5.44. The summed E-state index contributed by atoms with van der Waals surface area (Å²) >= 11 is 11.9. The minimum absolute atomic E-state index is 0.379. The molecule has 0 atom stereocenters. The van der Waals surface area contributed by atoms with Gasteiger partial charge in [0.2, 0.25) is 0 Å². The van der Waals surface area contributed by atoms with Crippen molar-refractivity contribution in [3.63, 3.8) is 0 Å². The number of ether oxygens (including phenoxy) is 1. The Morgan fingerprint density at radius 3 is 2.61 bits per heavy atom. The number of nitrogen functional groups attached to an aromatic ring is 1. The van der Waals surface area contributed by atoms with Gasteiger partial charge >= 0.3 is 0 Å². The fraction of sp³-hybridized carbons (Fsp3) is 0.545. The maximum Gasteiger partial charge on any atom is 0.161 e. The van der Waals surface area contributed by atoms with E-state index in [9.17, 15) is 0 Å². The maximum absolute atomic E-state index is 6.00. The van der Waals surface area contributed by atoms with Gasteiger partial charge in [0.25, 0.3) is 0 Å². The number of pyridine rings is 1. The Hall–Kier alpha value is -0.750. The zero-order valence-corrected chi connectivity index (χ0v) is 12.0. The van der Waals surface area contributed by atoms with Gasteiger partial charge < -0.3 is 15.5 Å². The minimum Gasteiger partial charge on any atom is -0.379 e. The van der Waals surface area contributed by atoms with E-state index in [1.54, 1.807) is 6.07 Å². The van der Waals surface area contributed by atoms with Crippen LogP contribution in [0.2, 0.25) is 10.0 Å². The molecule has 0 aliphatic carbocycles. The van der Waals surface area contributed by atoms with Crippen LogP contribution in [0.5, 0.6) is 0 Å². The van der Waals surface area contributed by atoms with Crippen LogP contribution in [0.1, 0.15) is 13.8 Å². The fourth-order valence-corrected chi connectivity index (χ4v) is 1.73. The monoisotopic (exact) mass is 292 g/mol. The molecule has 0 saturated carbocycles. The lowest BCUT2D eigenvalue weighted by molar-refractivity contribution is 0.118. The second-order valence-corrected chi connectivity index (χ2v) is 5.00. The first-order valence-electron chi connectivity index (χ1n) is 5.69. The van der Waals surface area contributed by atoms with Crippen molar-refractivity contribution in [3.8, 4) is 0 Å². The summed E-state index contributed by atoms with van der Waals surface area (Å²) in [6.07, 6.45) is 0. The highest BCUT2D eigenvalue weighted by molar-refractivity contribution is 6.37. The van der Waals surface area contributed by atoms with Crippen molar-refractivity contribution in [3.05, 3.63) is 16.1 Å². The number of aromatic nitrogens is 1. The van der Waals surface area contributed by atoms with Gasteiger partial charge in [-0.25, -0.2) is 10.8 Å². The van der Waals surface area contributed by atoms with Gasteiger partial charge in [-0.05, 0) is 12.0 Å². The minimum atomic E-state index is 0.379. The Morgan fingerprint density at radius 1 is 1.33 bits per heavy atom. The van der Waals surface area contributed by atoms with E-state index in [0.29, 0.717) is 40.8 Å². The van der Waals surface area contributed by atoms with E-state index in [1.165, 1.54) is 0 Å². The van der Waals surface area contributed by atoms with Crippen LogP contribution in [0.4, 0.5) is 11.6 Å². The normalized spacial score (nSPS) is 10.8. The van der Waals surface area contributed by atoms with Crippen molar-refractivity contribution >= 4 is 34.8 Å². The van der Waals surface area contributed by atoms with Gasteiger partial charge in [-0.1, -0.05) is 37.0 Å². The molecule has 0 saturated heterocycles. The third-order valence-electron chi connectivity index (χ3n) is 2.06. The molecule has 1 rings (SSSR count). The van der Waals surface area contributed by atoms with E-state index >= 15 is 0 Å². The molecule has 0 spiro atoms. The van der Waals surface area contributed by atoms with Crippen LogP contribution < -0.4 is 16.6 Å². The van der Waals surface area contributed by atoms with E-state index in [-0.39, 0.29) is 0 Å². The van der Waals surface area contributed by atoms with Crippen LogP contribution in [-0.2, 0) is 4.74 Å². The molecule has 7 heteroatoms. The third kappa shape index (κ3) is 4.86. The van der Waals surface area contributed by atoms with Gasteiger partial charge in [-0.3, -0.25) is 0 Å². The molecule has 5 nitrogen and oxygen atoms in total. The molecule has 18 heavy (non-hydrogen) atoms. The zero-order valence-electron chi connectivity index (χ0n) is 10.5. The van der Waals surface area contributed by atoms with E-state index in [2.05, 4.69) is 29.6 Å². The van der Waals surface area contributed by atoms with Crippen LogP contribution in [0.3, 0.4) is 0 Å². The first-order chi connectivity index (χ1) is 8.54. The molecular formula is C11H18Cl2N4O. The van der Waals surface area contributed by atoms with E-state index in [1.807, 2.05) is 0 Å². The highest BCUT2D eigenvalue weighted by Crippen LogP contribution is 2.28. The molecule has 0 radical (unpaired) electrons. The quantitative estimate of drug-likeness (QED) is 0.409. The van der Waals surface area contributed by atoms with Crippen molar-refractivity contribution in [2.45, 2.75) is 13.8 Å². The molecule has 0 fully saturated rings. The Balaban J connectivity index is 2.47. The summed E-state index contributed by atoms with van der Waals surface area (Å²) in [5.74, 6) is 6.72. The lowest BCUT2D eigenvalue weighted by Crippen LogP contribution is -2.15. The Bertz CT molecular complexity index is 388. The molecule has 0 unspecified atom stereocenters. The van der Waals surface area contributed by atoms with Gasteiger partial charge in [0.15, 0.2) is 5.82 Å².